The lowest BCUT2D eigenvalue weighted by atomic mass is 9.78. The van der Waals surface area contributed by atoms with E-state index >= 15 is 0 Å². The highest BCUT2D eigenvalue weighted by Crippen LogP contribution is 2.34. The minimum absolute atomic E-state index is 0.0618. The third-order valence-corrected chi connectivity index (χ3v) is 8.01. The maximum atomic E-state index is 12.4. The number of rotatable bonds is 12. The van der Waals surface area contributed by atoms with Crippen LogP contribution in [0.15, 0.2) is 24.3 Å². The molecule has 3 nitrogen and oxygen atoms in total. The Balaban J connectivity index is 1.27. The Morgan fingerprint density at radius 1 is 0.750 bits per heavy atom. The minimum atomic E-state index is -0.0618. The van der Waals surface area contributed by atoms with E-state index in [1.807, 2.05) is 24.3 Å². The number of benzene rings is 1. The molecular weight excluding hydrogens is 396 g/mol. The summed E-state index contributed by atoms with van der Waals surface area (Å²) in [7, 11) is 0. The summed E-state index contributed by atoms with van der Waals surface area (Å²) in [5, 5.41) is 0. The molecule has 3 heteroatoms. The molecule has 1 aromatic carbocycles. The van der Waals surface area contributed by atoms with Gasteiger partial charge < -0.3 is 9.47 Å². The van der Waals surface area contributed by atoms with Crippen LogP contribution in [0.25, 0.3) is 0 Å². The van der Waals surface area contributed by atoms with E-state index in [1.54, 1.807) is 0 Å². The van der Waals surface area contributed by atoms with Crippen molar-refractivity contribution in [2.75, 3.05) is 6.61 Å². The van der Waals surface area contributed by atoms with Crippen molar-refractivity contribution in [3.05, 3.63) is 24.3 Å². The van der Waals surface area contributed by atoms with Gasteiger partial charge in [-0.05, 0) is 80.5 Å². The Hall–Kier alpha value is -1.51. The molecule has 0 aromatic heterocycles. The molecule has 2 aliphatic carbocycles. The van der Waals surface area contributed by atoms with Crippen molar-refractivity contribution < 1.29 is 14.3 Å². The SMILES string of the molecule is CCCCC[C@H]1CC[C@H](CCCOc2ccc(OC(=O)[C@H]3CC[C@H](CC)CC3)cc2)CC1. The molecule has 0 bridgehead atoms. The van der Waals surface area contributed by atoms with Crippen molar-refractivity contribution in [1.29, 1.82) is 0 Å². The maximum absolute atomic E-state index is 12.4. The zero-order valence-corrected chi connectivity index (χ0v) is 20.7. The standard InChI is InChI=1S/C29H46O3/c1-3-5-6-8-24-10-12-25(13-11-24)9-7-22-31-27-18-20-28(21-19-27)32-29(30)26-16-14-23(4-2)15-17-26/h18-21,23-26H,3-17,22H2,1-2H3/t23-,24-,25-,26-. The van der Waals surface area contributed by atoms with E-state index in [-0.39, 0.29) is 11.9 Å². The van der Waals surface area contributed by atoms with Crippen LogP contribution in [-0.2, 0) is 4.79 Å². The first-order valence-electron chi connectivity index (χ1n) is 13.6. The molecule has 32 heavy (non-hydrogen) atoms. The van der Waals surface area contributed by atoms with Crippen molar-refractivity contribution in [2.45, 2.75) is 110 Å². The van der Waals surface area contributed by atoms with E-state index in [9.17, 15) is 4.79 Å². The summed E-state index contributed by atoms with van der Waals surface area (Å²) in [4.78, 5) is 12.4. The Morgan fingerprint density at radius 2 is 1.31 bits per heavy atom. The van der Waals surface area contributed by atoms with Crippen molar-refractivity contribution >= 4 is 5.97 Å². The van der Waals surface area contributed by atoms with E-state index in [2.05, 4.69) is 13.8 Å². The third-order valence-electron chi connectivity index (χ3n) is 8.01. The topological polar surface area (TPSA) is 35.5 Å². The number of carbonyl (C=O) groups is 1. The van der Waals surface area contributed by atoms with Gasteiger partial charge in [0.2, 0.25) is 0 Å². The molecule has 0 saturated heterocycles. The molecule has 0 unspecified atom stereocenters. The summed E-state index contributed by atoms with van der Waals surface area (Å²) in [6, 6.07) is 7.59. The fourth-order valence-electron chi connectivity index (χ4n) is 5.66. The molecular formula is C29H46O3. The summed E-state index contributed by atoms with van der Waals surface area (Å²) < 4.78 is 11.6. The molecule has 0 aliphatic heterocycles. The van der Waals surface area contributed by atoms with Gasteiger partial charge in [-0.2, -0.15) is 0 Å². The van der Waals surface area contributed by atoms with Crippen LogP contribution in [0.4, 0.5) is 0 Å². The first kappa shape index (κ1) is 25.1. The van der Waals surface area contributed by atoms with Gasteiger partial charge in [0.25, 0.3) is 0 Å². The summed E-state index contributed by atoms with van der Waals surface area (Å²) in [5.41, 5.74) is 0. The normalized spacial score (nSPS) is 25.9. The summed E-state index contributed by atoms with van der Waals surface area (Å²) in [5.74, 6) is 4.20. The number of hydrogen-bond acceptors (Lipinski definition) is 3. The Kier molecular flexibility index (Phi) is 10.9. The zero-order chi connectivity index (χ0) is 22.6. The van der Waals surface area contributed by atoms with Crippen LogP contribution in [-0.4, -0.2) is 12.6 Å². The molecule has 2 fully saturated rings. The molecule has 3 rings (SSSR count). The first-order chi connectivity index (χ1) is 15.7. The predicted molar refractivity (Wildman–Crippen MR) is 132 cm³/mol. The summed E-state index contributed by atoms with van der Waals surface area (Å²) >= 11 is 0. The molecule has 180 valence electrons. The number of carbonyl (C=O) groups excluding carboxylic acids is 1. The molecule has 0 amide bonds. The van der Waals surface area contributed by atoms with Crippen LogP contribution in [0.1, 0.15) is 110 Å². The fraction of sp³-hybridized carbons (Fsp3) is 0.759. The fourth-order valence-corrected chi connectivity index (χ4v) is 5.66. The van der Waals surface area contributed by atoms with E-state index in [1.165, 1.54) is 64.2 Å². The molecule has 1 aromatic rings. The van der Waals surface area contributed by atoms with Gasteiger partial charge in [0.05, 0.1) is 12.5 Å². The van der Waals surface area contributed by atoms with Crippen molar-refractivity contribution in [3.63, 3.8) is 0 Å². The molecule has 0 radical (unpaired) electrons. The first-order valence-corrected chi connectivity index (χ1v) is 13.6. The van der Waals surface area contributed by atoms with Crippen LogP contribution in [0, 0.1) is 23.7 Å². The van der Waals surface area contributed by atoms with Gasteiger partial charge in [-0.3, -0.25) is 4.79 Å². The highest BCUT2D eigenvalue weighted by molar-refractivity contribution is 5.75. The van der Waals surface area contributed by atoms with Crippen LogP contribution in [0.5, 0.6) is 11.5 Å². The van der Waals surface area contributed by atoms with E-state index in [0.29, 0.717) is 5.75 Å². The highest BCUT2D eigenvalue weighted by Gasteiger charge is 2.27. The Bertz CT molecular complexity index is 637. The number of unbranched alkanes of at least 4 members (excludes halogenated alkanes) is 2. The van der Waals surface area contributed by atoms with Crippen molar-refractivity contribution in [3.8, 4) is 11.5 Å². The average Bonchev–Trinajstić information content (AvgIpc) is 2.84. The molecule has 0 N–H and O–H groups in total. The van der Waals surface area contributed by atoms with Gasteiger partial charge in [0.15, 0.2) is 0 Å². The minimum Gasteiger partial charge on any atom is -0.494 e. The second kappa shape index (κ2) is 13.9. The third kappa shape index (κ3) is 8.45. The summed E-state index contributed by atoms with van der Waals surface area (Å²) in [6.07, 6.45) is 19.2. The second-order valence-electron chi connectivity index (χ2n) is 10.4. The van der Waals surface area contributed by atoms with E-state index in [0.717, 1.165) is 62.2 Å². The van der Waals surface area contributed by atoms with Crippen molar-refractivity contribution in [1.82, 2.24) is 0 Å². The van der Waals surface area contributed by atoms with Crippen LogP contribution < -0.4 is 9.47 Å². The Morgan fingerprint density at radius 3 is 1.91 bits per heavy atom. The van der Waals surface area contributed by atoms with E-state index in [4.69, 9.17) is 9.47 Å². The lowest BCUT2D eigenvalue weighted by Gasteiger charge is -2.28. The number of ether oxygens (including phenoxy) is 2. The van der Waals surface area contributed by atoms with Gasteiger partial charge >= 0.3 is 5.97 Å². The van der Waals surface area contributed by atoms with Gasteiger partial charge in [-0.25, -0.2) is 0 Å². The van der Waals surface area contributed by atoms with E-state index < -0.39 is 0 Å². The van der Waals surface area contributed by atoms with Crippen LogP contribution in [0.3, 0.4) is 0 Å². The molecule has 2 aliphatic rings. The van der Waals surface area contributed by atoms with Gasteiger partial charge in [-0.1, -0.05) is 71.6 Å². The molecule has 2 saturated carbocycles. The largest absolute Gasteiger partial charge is 0.494 e. The zero-order valence-electron chi connectivity index (χ0n) is 20.7. The van der Waals surface area contributed by atoms with Gasteiger partial charge in [0.1, 0.15) is 11.5 Å². The number of esters is 1. The Labute approximate surface area is 196 Å². The number of hydrogen-bond donors (Lipinski definition) is 0. The molecule has 0 atom stereocenters. The van der Waals surface area contributed by atoms with Crippen molar-refractivity contribution in [2.24, 2.45) is 23.7 Å². The lowest BCUT2D eigenvalue weighted by molar-refractivity contribution is -0.140. The highest BCUT2D eigenvalue weighted by atomic mass is 16.5. The van der Waals surface area contributed by atoms with Crippen LogP contribution >= 0.6 is 0 Å². The second-order valence-corrected chi connectivity index (χ2v) is 10.4. The van der Waals surface area contributed by atoms with Gasteiger partial charge in [-0.15, -0.1) is 0 Å². The molecule has 0 spiro atoms. The smallest absolute Gasteiger partial charge is 0.314 e. The average molecular weight is 443 g/mol. The monoisotopic (exact) mass is 442 g/mol. The van der Waals surface area contributed by atoms with Crippen LogP contribution in [0.2, 0.25) is 0 Å². The predicted octanol–water partition coefficient (Wildman–Crippen LogP) is 8.35. The quantitative estimate of drug-likeness (QED) is 0.185. The summed E-state index contributed by atoms with van der Waals surface area (Å²) in [6.45, 7) is 5.31. The molecule has 0 heterocycles. The van der Waals surface area contributed by atoms with Gasteiger partial charge in [0, 0.05) is 0 Å². The lowest BCUT2D eigenvalue weighted by Crippen LogP contribution is -2.25. The maximum Gasteiger partial charge on any atom is 0.314 e.